The van der Waals surface area contributed by atoms with Crippen molar-refractivity contribution in [2.24, 2.45) is 0 Å². The monoisotopic (exact) mass is 735 g/mol. The van der Waals surface area contributed by atoms with Crippen LogP contribution in [0.5, 0.6) is 0 Å². The number of carbonyl (C=O) groups excluding carboxylic acids is 4. The fourth-order valence-corrected chi connectivity index (χ4v) is 6.47. The van der Waals surface area contributed by atoms with E-state index in [1.807, 2.05) is 0 Å². The zero-order valence-electron chi connectivity index (χ0n) is 33.9. The molecular weight excluding hydrogens is 656 g/mol. The highest BCUT2D eigenvalue weighted by molar-refractivity contribution is 6.22. The largest absolute Gasteiger partial charge is 0.463 e. The first-order chi connectivity index (χ1) is 25.2. The summed E-state index contributed by atoms with van der Waals surface area (Å²) in [4.78, 5) is 53.2. The van der Waals surface area contributed by atoms with E-state index in [-0.39, 0.29) is 26.1 Å². The van der Waals surface area contributed by atoms with Crippen molar-refractivity contribution >= 4 is 23.5 Å². The topological polar surface area (TPSA) is 127 Å². The van der Waals surface area contributed by atoms with E-state index in [1.165, 1.54) is 90.9 Å². The van der Waals surface area contributed by atoms with Crippen LogP contribution >= 0.6 is 0 Å². The molecule has 8 nitrogen and oxygen atoms in total. The first kappa shape index (κ1) is 49.7. The number of allylic oxidation sites excluding steroid dienone is 4. The lowest BCUT2D eigenvalue weighted by molar-refractivity contribution is -0.212. The smallest absolute Gasteiger partial charge is 0.350 e. The molecular formula is C44H78O8. The number of ether oxygens (including phenoxy) is 2. The van der Waals surface area contributed by atoms with Gasteiger partial charge in [0.15, 0.2) is 11.6 Å². The van der Waals surface area contributed by atoms with Crippen molar-refractivity contribution in [3.05, 3.63) is 24.3 Å². The Bertz CT molecular complexity index is 911. The SMILES string of the molecule is CCCCCCCC/C=C\CCCCCCCC(=O)C(O)(C(=O)OCC)C(O)(C(=O)CCCCCCC/C=C\CCCCCCCC)C(=O)OCC. The highest BCUT2D eigenvalue weighted by Gasteiger charge is 2.69. The third kappa shape index (κ3) is 20.8. The predicted octanol–water partition coefficient (Wildman–Crippen LogP) is 10.8. The van der Waals surface area contributed by atoms with Gasteiger partial charge in [-0.2, -0.15) is 0 Å². The van der Waals surface area contributed by atoms with Crippen LogP contribution < -0.4 is 0 Å². The number of Topliss-reactive ketones (excluding diaryl/α,β-unsaturated/α-hetero) is 2. The molecule has 0 saturated heterocycles. The van der Waals surface area contributed by atoms with E-state index in [0.717, 1.165) is 64.2 Å². The molecule has 52 heavy (non-hydrogen) atoms. The summed E-state index contributed by atoms with van der Waals surface area (Å²) in [5, 5.41) is 23.2. The van der Waals surface area contributed by atoms with E-state index in [1.54, 1.807) is 0 Å². The van der Waals surface area contributed by atoms with Crippen LogP contribution in [-0.4, -0.2) is 58.1 Å². The van der Waals surface area contributed by atoms with Gasteiger partial charge in [0.05, 0.1) is 13.2 Å². The molecule has 0 aromatic carbocycles. The van der Waals surface area contributed by atoms with Crippen molar-refractivity contribution in [2.75, 3.05) is 13.2 Å². The lowest BCUT2D eigenvalue weighted by Crippen LogP contribution is -2.72. The molecule has 0 saturated carbocycles. The molecule has 2 atom stereocenters. The molecule has 0 aliphatic carbocycles. The van der Waals surface area contributed by atoms with Crippen LogP contribution in [0.2, 0.25) is 0 Å². The van der Waals surface area contributed by atoms with Gasteiger partial charge < -0.3 is 19.7 Å². The van der Waals surface area contributed by atoms with Gasteiger partial charge in [0.2, 0.25) is 0 Å². The van der Waals surface area contributed by atoms with Crippen LogP contribution in [0.3, 0.4) is 0 Å². The molecule has 0 heterocycles. The molecule has 0 radical (unpaired) electrons. The fraction of sp³-hybridized carbons (Fsp3) is 0.818. The Hall–Kier alpha value is -2.32. The third-order valence-corrected chi connectivity index (χ3v) is 9.80. The predicted molar refractivity (Wildman–Crippen MR) is 212 cm³/mol. The summed E-state index contributed by atoms with van der Waals surface area (Å²) >= 11 is 0. The molecule has 0 aliphatic rings. The number of hydrogen-bond acceptors (Lipinski definition) is 8. The van der Waals surface area contributed by atoms with Gasteiger partial charge in [0.25, 0.3) is 11.2 Å². The molecule has 0 rings (SSSR count). The highest BCUT2D eigenvalue weighted by Crippen LogP contribution is 2.32. The lowest BCUT2D eigenvalue weighted by Gasteiger charge is -2.37. The Morgan fingerprint density at radius 1 is 0.404 bits per heavy atom. The van der Waals surface area contributed by atoms with E-state index in [9.17, 15) is 29.4 Å². The van der Waals surface area contributed by atoms with Gasteiger partial charge in [-0.1, -0.05) is 141 Å². The second-order valence-corrected chi connectivity index (χ2v) is 14.4. The minimum atomic E-state index is -3.39. The highest BCUT2D eigenvalue weighted by atomic mass is 16.6. The number of esters is 2. The second kappa shape index (κ2) is 33.3. The van der Waals surface area contributed by atoms with Gasteiger partial charge in [-0.15, -0.1) is 0 Å². The number of ketones is 2. The summed E-state index contributed by atoms with van der Waals surface area (Å²) < 4.78 is 9.94. The fourth-order valence-electron chi connectivity index (χ4n) is 6.47. The van der Waals surface area contributed by atoms with Gasteiger partial charge in [-0.25, -0.2) is 9.59 Å². The van der Waals surface area contributed by atoms with Crippen LogP contribution in [0.25, 0.3) is 0 Å². The Labute approximate surface area is 318 Å². The Morgan fingerprint density at radius 3 is 0.923 bits per heavy atom. The maximum Gasteiger partial charge on any atom is 0.350 e. The van der Waals surface area contributed by atoms with Gasteiger partial charge in [-0.05, 0) is 78.1 Å². The average molecular weight is 735 g/mol. The first-order valence-corrected chi connectivity index (χ1v) is 21.3. The van der Waals surface area contributed by atoms with Crippen molar-refractivity contribution in [1.29, 1.82) is 0 Å². The number of carbonyl (C=O) groups is 4. The van der Waals surface area contributed by atoms with Crippen molar-refractivity contribution < 1.29 is 38.9 Å². The molecule has 0 bridgehead atoms. The van der Waals surface area contributed by atoms with Gasteiger partial charge in [0.1, 0.15) is 0 Å². The first-order valence-electron chi connectivity index (χ1n) is 21.3. The molecule has 8 heteroatoms. The molecule has 2 unspecified atom stereocenters. The van der Waals surface area contributed by atoms with Crippen LogP contribution in [0.1, 0.15) is 207 Å². The maximum atomic E-state index is 13.5. The molecule has 0 amide bonds. The number of hydrogen-bond donors (Lipinski definition) is 2. The molecule has 0 spiro atoms. The Kier molecular flexibility index (Phi) is 31.8. The quantitative estimate of drug-likeness (QED) is 0.0279. The van der Waals surface area contributed by atoms with Crippen molar-refractivity contribution in [1.82, 2.24) is 0 Å². The van der Waals surface area contributed by atoms with Crippen LogP contribution in [0.15, 0.2) is 24.3 Å². The van der Waals surface area contributed by atoms with Gasteiger partial charge in [0, 0.05) is 12.8 Å². The van der Waals surface area contributed by atoms with E-state index < -0.39 is 34.7 Å². The Morgan fingerprint density at radius 2 is 0.654 bits per heavy atom. The summed E-state index contributed by atoms with van der Waals surface area (Å²) in [6.07, 6.45) is 35.9. The van der Waals surface area contributed by atoms with E-state index in [4.69, 9.17) is 9.47 Å². The molecule has 0 aromatic heterocycles. The molecule has 2 N–H and O–H groups in total. The van der Waals surface area contributed by atoms with Gasteiger partial charge >= 0.3 is 11.9 Å². The normalized spacial score (nSPS) is 14.0. The van der Waals surface area contributed by atoms with Crippen molar-refractivity contribution in [3.63, 3.8) is 0 Å². The van der Waals surface area contributed by atoms with E-state index >= 15 is 0 Å². The maximum absolute atomic E-state index is 13.5. The minimum absolute atomic E-state index is 0.219. The molecule has 0 fully saturated rings. The average Bonchev–Trinajstić information content (AvgIpc) is 3.13. The summed E-state index contributed by atoms with van der Waals surface area (Å²) in [6, 6.07) is 0. The van der Waals surface area contributed by atoms with Crippen molar-refractivity contribution in [3.8, 4) is 0 Å². The number of rotatable bonds is 37. The zero-order chi connectivity index (χ0) is 38.8. The van der Waals surface area contributed by atoms with Crippen molar-refractivity contribution in [2.45, 2.75) is 219 Å². The third-order valence-electron chi connectivity index (χ3n) is 9.80. The second-order valence-electron chi connectivity index (χ2n) is 14.4. The summed E-state index contributed by atoms with van der Waals surface area (Å²) in [7, 11) is 0. The molecule has 302 valence electrons. The minimum Gasteiger partial charge on any atom is -0.463 e. The summed E-state index contributed by atoms with van der Waals surface area (Å²) in [5.41, 5.74) is -6.79. The lowest BCUT2D eigenvalue weighted by atomic mass is 9.73. The summed E-state index contributed by atoms with van der Waals surface area (Å²) in [6.45, 7) is 6.97. The van der Waals surface area contributed by atoms with Crippen LogP contribution in [-0.2, 0) is 28.7 Å². The van der Waals surface area contributed by atoms with E-state index in [0.29, 0.717) is 25.7 Å². The standard InChI is InChI=1S/C44H78O8/c1-5-9-11-13-15-17-19-21-23-25-27-29-31-33-35-37-39(45)43(49,41(47)51-7-3)44(50,42(48)52-8-4)40(46)38-36-34-32-30-28-26-24-22-20-18-16-14-12-10-6-2/h21-24,49-50H,5-20,25-38H2,1-4H3/b23-21-,24-22-. The number of aliphatic hydroxyl groups is 2. The summed E-state index contributed by atoms with van der Waals surface area (Å²) in [5.74, 6) is -5.25. The van der Waals surface area contributed by atoms with E-state index in [2.05, 4.69) is 38.2 Å². The van der Waals surface area contributed by atoms with Gasteiger partial charge in [-0.3, -0.25) is 9.59 Å². The van der Waals surface area contributed by atoms with Crippen LogP contribution in [0.4, 0.5) is 0 Å². The zero-order valence-corrected chi connectivity index (χ0v) is 33.9. The number of unbranched alkanes of at least 4 members (excludes halogenated alkanes) is 22. The molecule has 0 aromatic rings. The Balaban J connectivity index is 4.90. The van der Waals surface area contributed by atoms with Crippen LogP contribution in [0, 0.1) is 0 Å². The molecule has 0 aliphatic heterocycles.